The fourth-order valence-corrected chi connectivity index (χ4v) is 2.68. The number of benzene rings is 3. The minimum Gasteiger partial charge on any atom is -0.493 e. The summed E-state index contributed by atoms with van der Waals surface area (Å²) >= 11 is 0. The third-order valence-corrected chi connectivity index (χ3v) is 4.19. The van der Waals surface area contributed by atoms with E-state index in [0.29, 0.717) is 23.8 Å². The molecule has 0 fully saturated rings. The maximum absolute atomic E-state index is 12.8. The van der Waals surface area contributed by atoms with Gasteiger partial charge in [-0.3, -0.25) is 4.79 Å². The average Bonchev–Trinajstić information content (AvgIpc) is 2.70. The van der Waals surface area contributed by atoms with E-state index in [1.807, 2.05) is 60.7 Å². The van der Waals surface area contributed by atoms with Gasteiger partial charge in [-0.2, -0.15) is 0 Å². The second-order valence-corrected chi connectivity index (χ2v) is 7.22. The topological polar surface area (TPSA) is 50.4 Å². The van der Waals surface area contributed by atoms with Crippen molar-refractivity contribution in [3.05, 3.63) is 83.9 Å². The van der Waals surface area contributed by atoms with Crippen LogP contribution in [0.25, 0.3) is 0 Å². The molecule has 0 aliphatic rings. The van der Waals surface area contributed by atoms with Gasteiger partial charge in [0.1, 0.15) is 5.75 Å². The van der Waals surface area contributed by atoms with E-state index < -0.39 is 0 Å². The van der Waals surface area contributed by atoms with Gasteiger partial charge >= 0.3 is 0 Å². The SMILES string of the molecule is Cc1ccc(Nc2ccccc2NC(=O)c2cccc(OCC(C)C)c2)cc1. The second-order valence-electron chi connectivity index (χ2n) is 7.22. The number of anilines is 3. The molecular formula is C24H26N2O2. The quantitative estimate of drug-likeness (QED) is 0.531. The van der Waals surface area contributed by atoms with Crippen LogP contribution in [-0.4, -0.2) is 12.5 Å². The zero-order valence-electron chi connectivity index (χ0n) is 16.5. The molecule has 0 aromatic heterocycles. The summed E-state index contributed by atoms with van der Waals surface area (Å²) in [5.74, 6) is 0.956. The molecule has 0 aliphatic heterocycles. The molecule has 0 saturated heterocycles. The van der Waals surface area contributed by atoms with Crippen molar-refractivity contribution in [3.8, 4) is 5.75 Å². The molecule has 0 saturated carbocycles. The van der Waals surface area contributed by atoms with Gasteiger partial charge < -0.3 is 15.4 Å². The zero-order chi connectivity index (χ0) is 19.9. The largest absolute Gasteiger partial charge is 0.493 e. The Morgan fingerprint density at radius 1 is 0.929 bits per heavy atom. The highest BCUT2D eigenvalue weighted by atomic mass is 16.5. The van der Waals surface area contributed by atoms with Crippen LogP contribution in [0.15, 0.2) is 72.8 Å². The number of carbonyl (C=O) groups is 1. The van der Waals surface area contributed by atoms with Crippen LogP contribution in [0.2, 0.25) is 0 Å². The maximum atomic E-state index is 12.8. The van der Waals surface area contributed by atoms with E-state index in [2.05, 4.69) is 31.4 Å². The third kappa shape index (κ3) is 5.36. The summed E-state index contributed by atoms with van der Waals surface area (Å²) in [4.78, 5) is 12.8. The summed E-state index contributed by atoms with van der Waals surface area (Å²) in [6.07, 6.45) is 0. The van der Waals surface area contributed by atoms with E-state index in [0.717, 1.165) is 17.1 Å². The molecule has 1 amide bonds. The van der Waals surface area contributed by atoms with Crippen molar-refractivity contribution in [1.29, 1.82) is 0 Å². The van der Waals surface area contributed by atoms with Crippen molar-refractivity contribution >= 4 is 23.0 Å². The highest BCUT2D eigenvalue weighted by Crippen LogP contribution is 2.26. The van der Waals surface area contributed by atoms with Gasteiger partial charge in [-0.1, -0.05) is 49.7 Å². The first kappa shape index (κ1) is 19.5. The van der Waals surface area contributed by atoms with Crippen LogP contribution in [0, 0.1) is 12.8 Å². The van der Waals surface area contributed by atoms with Crippen LogP contribution in [-0.2, 0) is 0 Å². The van der Waals surface area contributed by atoms with Crippen LogP contribution in [0.3, 0.4) is 0 Å². The first-order valence-electron chi connectivity index (χ1n) is 9.48. The molecule has 3 rings (SSSR count). The summed E-state index contributed by atoms with van der Waals surface area (Å²) in [6.45, 7) is 6.86. The molecular weight excluding hydrogens is 348 g/mol. The Balaban J connectivity index is 1.74. The normalized spacial score (nSPS) is 10.6. The molecule has 0 unspecified atom stereocenters. The molecule has 0 bridgehead atoms. The number of aryl methyl sites for hydroxylation is 1. The first-order chi connectivity index (χ1) is 13.5. The summed E-state index contributed by atoms with van der Waals surface area (Å²) in [5.41, 5.74) is 4.29. The number of ether oxygens (including phenoxy) is 1. The monoisotopic (exact) mass is 374 g/mol. The number of rotatable bonds is 7. The van der Waals surface area contributed by atoms with E-state index in [1.54, 1.807) is 12.1 Å². The van der Waals surface area contributed by atoms with Gasteiger partial charge in [-0.15, -0.1) is 0 Å². The van der Waals surface area contributed by atoms with Crippen LogP contribution in [0.4, 0.5) is 17.1 Å². The number of amides is 1. The van der Waals surface area contributed by atoms with Gasteiger partial charge in [-0.25, -0.2) is 0 Å². The number of carbonyl (C=O) groups excluding carboxylic acids is 1. The third-order valence-electron chi connectivity index (χ3n) is 4.19. The Labute approximate surface area is 166 Å². The molecule has 3 aromatic carbocycles. The summed E-state index contributed by atoms with van der Waals surface area (Å²) < 4.78 is 5.73. The predicted octanol–water partition coefficient (Wildman–Crippen LogP) is 6.03. The molecule has 2 N–H and O–H groups in total. The van der Waals surface area contributed by atoms with E-state index in [9.17, 15) is 4.79 Å². The predicted molar refractivity (Wildman–Crippen MR) is 116 cm³/mol. The number of para-hydroxylation sites is 2. The minimum absolute atomic E-state index is 0.173. The van der Waals surface area contributed by atoms with Crippen molar-refractivity contribution in [2.24, 2.45) is 5.92 Å². The van der Waals surface area contributed by atoms with Gasteiger partial charge in [0.25, 0.3) is 5.91 Å². The lowest BCUT2D eigenvalue weighted by atomic mass is 10.1. The maximum Gasteiger partial charge on any atom is 0.255 e. The van der Waals surface area contributed by atoms with Crippen LogP contribution in [0.1, 0.15) is 29.8 Å². The minimum atomic E-state index is -0.173. The van der Waals surface area contributed by atoms with Crippen LogP contribution >= 0.6 is 0 Å². The molecule has 0 radical (unpaired) electrons. The van der Waals surface area contributed by atoms with E-state index in [-0.39, 0.29) is 5.91 Å². The van der Waals surface area contributed by atoms with E-state index in [1.165, 1.54) is 5.56 Å². The van der Waals surface area contributed by atoms with Gasteiger partial charge in [0.05, 0.1) is 18.0 Å². The Morgan fingerprint density at radius 2 is 1.64 bits per heavy atom. The summed E-state index contributed by atoms with van der Waals surface area (Å²) in [7, 11) is 0. The lowest BCUT2D eigenvalue weighted by Crippen LogP contribution is -2.13. The fraction of sp³-hybridized carbons (Fsp3) is 0.208. The average molecular weight is 374 g/mol. The van der Waals surface area contributed by atoms with Crippen molar-refractivity contribution in [3.63, 3.8) is 0 Å². The molecule has 0 spiro atoms. The van der Waals surface area contributed by atoms with Crippen molar-refractivity contribution < 1.29 is 9.53 Å². The molecule has 4 heteroatoms. The van der Waals surface area contributed by atoms with Gasteiger partial charge in [0.15, 0.2) is 0 Å². The smallest absolute Gasteiger partial charge is 0.255 e. The molecule has 3 aromatic rings. The Morgan fingerprint density at radius 3 is 2.36 bits per heavy atom. The Kier molecular flexibility index (Phi) is 6.33. The first-order valence-corrected chi connectivity index (χ1v) is 9.48. The van der Waals surface area contributed by atoms with Crippen molar-refractivity contribution in [1.82, 2.24) is 0 Å². The molecule has 4 nitrogen and oxygen atoms in total. The number of hydrogen-bond donors (Lipinski definition) is 2. The molecule has 0 heterocycles. The van der Waals surface area contributed by atoms with Crippen molar-refractivity contribution in [2.75, 3.05) is 17.2 Å². The fourth-order valence-electron chi connectivity index (χ4n) is 2.68. The Hall–Kier alpha value is -3.27. The highest BCUT2D eigenvalue weighted by molar-refractivity contribution is 6.06. The summed E-state index contributed by atoms with van der Waals surface area (Å²) in [6, 6.07) is 23.1. The number of hydrogen-bond acceptors (Lipinski definition) is 3. The standard InChI is InChI=1S/C24H26N2O2/c1-17(2)16-28-21-8-6-7-19(15-21)24(27)26-23-10-5-4-9-22(23)25-20-13-11-18(3)12-14-20/h4-15,17,25H,16H2,1-3H3,(H,26,27). The lowest BCUT2D eigenvalue weighted by Gasteiger charge is -2.14. The number of nitrogens with one attached hydrogen (secondary N) is 2. The molecule has 144 valence electrons. The summed E-state index contributed by atoms with van der Waals surface area (Å²) in [5, 5.41) is 6.35. The van der Waals surface area contributed by atoms with E-state index in [4.69, 9.17) is 4.74 Å². The zero-order valence-corrected chi connectivity index (χ0v) is 16.5. The second kappa shape index (κ2) is 9.09. The van der Waals surface area contributed by atoms with Gasteiger partial charge in [-0.05, 0) is 55.3 Å². The Bertz CT molecular complexity index is 933. The molecule has 0 aliphatic carbocycles. The van der Waals surface area contributed by atoms with Crippen molar-refractivity contribution in [2.45, 2.75) is 20.8 Å². The van der Waals surface area contributed by atoms with E-state index >= 15 is 0 Å². The molecule has 28 heavy (non-hydrogen) atoms. The highest BCUT2D eigenvalue weighted by Gasteiger charge is 2.10. The van der Waals surface area contributed by atoms with Crippen LogP contribution in [0.5, 0.6) is 5.75 Å². The molecule has 0 atom stereocenters. The lowest BCUT2D eigenvalue weighted by molar-refractivity contribution is 0.102. The van der Waals surface area contributed by atoms with Gasteiger partial charge in [0.2, 0.25) is 0 Å². The van der Waals surface area contributed by atoms with Gasteiger partial charge in [0, 0.05) is 11.3 Å². The van der Waals surface area contributed by atoms with Crippen LogP contribution < -0.4 is 15.4 Å².